The number of nitrogens with one attached hydrogen (secondary N) is 1. The zero-order valence-corrected chi connectivity index (χ0v) is 13.1. The molecular formula is C18H21FN2O. The highest BCUT2D eigenvalue weighted by molar-refractivity contribution is 5.92. The lowest BCUT2D eigenvalue weighted by Crippen LogP contribution is -2.50. The molecule has 0 radical (unpaired) electrons. The van der Waals surface area contributed by atoms with Crippen molar-refractivity contribution in [3.63, 3.8) is 0 Å². The van der Waals surface area contributed by atoms with Crippen molar-refractivity contribution in [2.75, 3.05) is 0 Å². The summed E-state index contributed by atoms with van der Waals surface area (Å²) in [6, 6.07) is 12.0. The number of hydrogen-bond acceptors (Lipinski definition) is 2. The Morgan fingerprint density at radius 2 is 1.86 bits per heavy atom. The van der Waals surface area contributed by atoms with E-state index in [1.165, 1.54) is 12.1 Å². The molecule has 1 heterocycles. The molecule has 3 rings (SSSR count). The van der Waals surface area contributed by atoms with E-state index in [0.29, 0.717) is 12.1 Å². The summed E-state index contributed by atoms with van der Waals surface area (Å²) in [4.78, 5) is 12.2. The van der Waals surface area contributed by atoms with Crippen LogP contribution in [0.1, 0.15) is 36.1 Å². The molecule has 0 aliphatic carbocycles. The van der Waals surface area contributed by atoms with Gasteiger partial charge >= 0.3 is 0 Å². The van der Waals surface area contributed by atoms with Gasteiger partial charge in [-0.25, -0.2) is 4.39 Å². The SMILES string of the molecule is CC.Cc1ccc(F)cc1C1(C(N)=O)NCc2ccccc21. The van der Waals surface area contributed by atoms with Crippen molar-refractivity contribution in [2.45, 2.75) is 32.9 Å². The second-order valence-electron chi connectivity index (χ2n) is 5.08. The van der Waals surface area contributed by atoms with Crippen molar-refractivity contribution in [1.82, 2.24) is 5.32 Å². The van der Waals surface area contributed by atoms with Crippen molar-refractivity contribution >= 4 is 5.91 Å². The summed E-state index contributed by atoms with van der Waals surface area (Å²) in [7, 11) is 0. The van der Waals surface area contributed by atoms with Crippen molar-refractivity contribution in [2.24, 2.45) is 5.73 Å². The van der Waals surface area contributed by atoms with Crippen LogP contribution >= 0.6 is 0 Å². The number of rotatable bonds is 2. The van der Waals surface area contributed by atoms with Gasteiger partial charge in [-0.1, -0.05) is 44.2 Å². The number of nitrogens with two attached hydrogens (primary N) is 1. The molecule has 2 aromatic rings. The number of amides is 1. The summed E-state index contributed by atoms with van der Waals surface area (Å²) >= 11 is 0. The lowest BCUT2D eigenvalue weighted by atomic mass is 9.81. The van der Waals surface area contributed by atoms with Gasteiger partial charge in [0.15, 0.2) is 0 Å². The molecule has 0 spiro atoms. The second-order valence-corrected chi connectivity index (χ2v) is 5.08. The molecule has 0 saturated carbocycles. The van der Waals surface area contributed by atoms with E-state index in [2.05, 4.69) is 5.32 Å². The molecule has 1 unspecified atom stereocenters. The third kappa shape index (κ3) is 2.40. The molecular weight excluding hydrogens is 279 g/mol. The highest BCUT2D eigenvalue weighted by atomic mass is 19.1. The fourth-order valence-corrected chi connectivity index (χ4v) is 2.95. The Morgan fingerprint density at radius 1 is 1.18 bits per heavy atom. The molecule has 116 valence electrons. The monoisotopic (exact) mass is 300 g/mol. The molecule has 3 N–H and O–H groups in total. The number of fused-ring (bicyclic) bond motifs is 1. The number of aryl methyl sites for hydroxylation is 1. The number of carbonyl (C=O) groups excluding carboxylic acids is 1. The van der Waals surface area contributed by atoms with E-state index in [1.54, 1.807) is 6.07 Å². The van der Waals surface area contributed by atoms with Gasteiger partial charge in [-0.3, -0.25) is 10.1 Å². The predicted molar refractivity (Wildman–Crippen MR) is 85.7 cm³/mol. The van der Waals surface area contributed by atoms with E-state index in [9.17, 15) is 9.18 Å². The zero-order chi connectivity index (χ0) is 16.3. The molecule has 0 saturated heterocycles. The maximum Gasteiger partial charge on any atom is 0.247 e. The van der Waals surface area contributed by atoms with Gasteiger partial charge in [-0.15, -0.1) is 0 Å². The predicted octanol–water partition coefficient (Wildman–Crippen LogP) is 2.99. The van der Waals surface area contributed by atoms with Crippen LogP contribution in [0.15, 0.2) is 42.5 Å². The fourth-order valence-electron chi connectivity index (χ4n) is 2.95. The summed E-state index contributed by atoms with van der Waals surface area (Å²) in [6.45, 7) is 6.39. The Morgan fingerprint density at radius 3 is 2.55 bits per heavy atom. The Kier molecular flexibility index (Phi) is 4.62. The van der Waals surface area contributed by atoms with Crippen LogP contribution in [0.4, 0.5) is 4.39 Å². The molecule has 1 aliphatic rings. The normalized spacial score (nSPS) is 19.1. The minimum absolute atomic E-state index is 0.377. The largest absolute Gasteiger partial charge is 0.367 e. The number of carbonyl (C=O) groups is 1. The van der Waals surface area contributed by atoms with Crippen LogP contribution in [0.25, 0.3) is 0 Å². The van der Waals surface area contributed by atoms with Crippen molar-refractivity contribution in [1.29, 1.82) is 0 Å². The van der Waals surface area contributed by atoms with Crippen LogP contribution in [-0.4, -0.2) is 5.91 Å². The first-order valence-corrected chi connectivity index (χ1v) is 7.45. The molecule has 3 nitrogen and oxygen atoms in total. The van der Waals surface area contributed by atoms with Crippen LogP contribution in [0.3, 0.4) is 0 Å². The van der Waals surface area contributed by atoms with E-state index in [1.807, 2.05) is 45.0 Å². The van der Waals surface area contributed by atoms with Gasteiger partial charge in [0.05, 0.1) is 0 Å². The third-order valence-corrected chi connectivity index (χ3v) is 3.94. The maximum absolute atomic E-state index is 13.6. The van der Waals surface area contributed by atoms with Crippen LogP contribution in [-0.2, 0) is 16.9 Å². The molecule has 4 heteroatoms. The van der Waals surface area contributed by atoms with Crippen LogP contribution in [0, 0.1) is 12.7 Å². The minimum Gasteiger partial charge on any atom is -0.367 e. The van der Waals surface area contributed by atoms with Gasteiger partial charge < -0.3 is 5.73 Å². The van der Waals surface area contributed by atoms with Crippen LogP contribution < -0.4 is 11.1 Å². The molecule has 1 amide bonds. The van der Waals surface area contributed by atoms with Crippen molar-refractivity contribution in [3.8, 4) is 0 Å². The lowest BCUT2D eigenvalue weighted by Gasteiger charge is -2.29. The molecule has 1 aliphatic heterocycles. The quantitative estimate of drug-likeness (QED) is 0.896. The van der Waals surface area contributed by atoms with E-state index in [-0.39, 0.29) is 5.82 Å². The first-order chi connectivity index (χ1) is 10.6. The Labute approximate surface area is 130 Å². The number of benzene rings is 2. The minimum atomic E-state index is -1.15. The first-order valence-electron chi connectivity index (χ1n) is 7.45. The zero-order valence-electron chi connectivity index (χ0n) is 13.1. The molecule has 1 atom stereocenters. The van der Waals surface area contributed by atoms with Gasteiger partial charge in [0.1, 0.15) is 11.4 Å². The highest BCUT2D eigenvalue weighted by Gasteiger charge is 2.46. The number of hydrogen-bond donors (Lipinski definition) is 2. The Hall–Kier alpha value is -2.20. The van der Waals surface area contributed by atoms with Crippen molar-refractivity contribution in [3.05, 3.63) is 70.5 Å². The van der Waals surface area contributed by atoms with Crippen LogP contribution in [0.5, 0.6) is 0 Å². The van der Waals surface area contributed by atoms with Gasteiger partial charge in [0.25, 0.3) is 0 Å². The molecule has 2 aromatic carbocycles. The number of primary amides is 1. The summed E-state index contributed by atoms with van der Waals surface area (Å²) in [5.41, 5.74) is 7.75. The van der Waals surface area contributed by atoms with Crippen LogP contribution in [0.2, 0.25) is 0 Å². The topological polar surface area (TPSA) is 55.1 Å². The van der Waals surface area contributed by atoms with E-state index in [4.69, 9.17) is 5.73 Å². The average molecular weight is 300 g/mol. The van der Waals surface area contributed by atoms with Gasteiger partial charge in [-0.05, 0) is 41.3 Å². The van der Waals surface area contributed by atoms with Gasteiger partial charge in [0.2, 0.25) is 5.91 Å². The van der Waals surface area contributed by atoms with Gasteiger partial charge in [-0.2, -0.15) is 0 Å². The summed E-state index contributed by atoms with van der Waals surface area (Å²) in [5.74, 6) is -0.895. The standard InChI is InChI=1S/C16H15FN2O.C2H6/c1-10-6-7-12(17)8-14(10)16(15(18)20)13-5-3-2-4-11(13)9-19-16;1-2/h2-8,19H,9H2,1H3,(H2,18,20);1-2H3. The number of halogens is 1. The molecule has 0 bridgehead atoms. The lowest BCUT2D eigenvalue weighted by molar-refractivity contribution is -0.122. The van der Waals surface area contributed by atoms with E-state index < -0.39 is 11.4 Å². The van der Waals surface area contributed by atoms with Crippen molar-refractivity contribution < 1.29 is 9.18 Å². The first kappa shape index (κ1) is 16.2. The fraction of sp³-hybridized carbons (Fsp3) is 0.278. The Bertz CT molecular complexity index is 699. The second kappa shape index (κ2) is 6.28. The smallest absolute Gasteiger partial charge is 0.247 e. The molecule has 0 aromatic heterocycles. The Balaban J connectivity index is 0.000000847. The molecule has 0 fully saturated rings. The van der Waals surface area contributed by atoms with E-state index >= 15 is 0 Å². The molecule has 22 heavy (non-hydrogen) atoms. The highest BCUT2D eigenvalue weighted by Crippen LogP contribution is 2.38. The van der Waals surface area contributed by atoms with Gasteiger partial charge in [0, 0.05) is 6.54 Å². The van der Waals surface area contributed by atoms with E-state index in [0.717, 1.165) is 16.7 Å². The summed E-state index contributed by atoms with van der Waals surface area (Å²) in [6.07, 6.45) is 0. The average Bonchev–Trinajstić information content (AvgIpc) is 2.92. The third-order valence-electron chi connectivity index (χ3n) is 3.94. The maximum atomic E-state index is 13.6. The summed E-state index contributed by atoms with van der Waals surface area (Å²) in [5, 5.41) is 3.18. The summed E-state index contributed by atoms with van der Waals surface area (Å²) < 4.78 is 13.6.